The molecule has 0 aliphatic carbocycles. The van der Waals surface area contributed by atoms with Gasteiger partial charge in [0.05, 0.1) is 22.7 Å². The predicted octanol–water partition coefficient (Wildman–Crippen LogP) is 3.99. The molecule has 1 aliphatic heterocycles. The summed E-state index contributed by atoms with van der Waals surface area (Å²) in [5.41, 5.74) is 3.43. The Balaban J connectivity index is 1.69. The molecular formula is C20H23N3O3. The second-order valence-corrected chi connectivity index (χ2v) is 6.79. The zero-order valence-corrected chi connectivity index (χ0v) is 15.1. The predicted molar refractivity (Wildman–Crippen MR) is 101 cm³/mol. The van der Waals surface area contributed by atoms with Crippen LogP contribution in [-0.2, 0) is 4.79 Å². The largest absolute Gasteiger partial charge is 0.324 e. The van der Waals surface area contributed by atoms with Crippen LogP contribution in [0.4, 0.5) is 11.4 Å². The molecule has 0 saturated carbocycles. The molecule has 2 aromatic carbocycles. The summed E-state index contributed by atoms with van der Waals surface area (Å²) < 4.78 is 0. The highest BCUT2D eigenvalue weighted by Crippen LogP contribution is 2.32. The van der Waals surface area contributed by atoms with E-state index in [1.165, 1.54) is 17.2 Å². The van der Waals surface area contributed by atoms with Crippen molar-refractivity contribution in [2.45, 2.75) is 32.7 Å². The average Bonchev–Trinajstić information content (AvgIpc) is 3.05. The smallest absolute Gasteiger partial charge is 0.274 e. The van der Waals surface area contributed by atoms with Gasteiger partial charge in [-0.3, -0.25) is 19.8 Å². The number of hydrogen-bond donors (Lipinski definition) is 1. The topological polar surface area (TPSA) is 75.5 Å². The summed E-state index contributed by atoms with van der Waals surface area (Å²) in [6, 6.07) is 13.4. The summed E-state index contributed by atoms with van der Waals surface area (Å²) in [4.78, 5) is 25.3. The maximum atomic E-state index is 12.5. The van der Waals surface area contributed by atoms with Gasteiger partial charge in [0.1, 0.15) is 0 Å². The number of anilines is 1. The zero-order valence-electron chi connectivity index (χ0n) is 15.1. The van der Waals surface area contributed by atoms with Crippen LogP contribution in [0.1, 0.15) is 35.6 Å². The number of nitrogens with zero attached hydrogens (tertiary/aromatic N) is 2. The lowest BCUT2D eigenvalue weighted by Gasteiger charge is -2.24. The van der Waals surface area contributed by atoms with E-state index in [4.69, 9.17) is 0 Å². The van der Waals surface area contributed by atoms with Gasteiger partial charge < -0.3 is 5.32 Å². The first-order valence-corrected chi connectivity index (χ1v) is 8.80. The fraction of sp³-hybridized carbons (Fsp3) is 0.350. The molecular weight excluding hydrogens is 330 g/mol. The Bertz CT molecular complexity index is 818. The van der Waals surface area contributed by atoms with Gasteiger partial charge in [-0.1, -0.05) is 35.9 Å². The summed E-state index contributed by atoms with van der Waals surface area (Å²) in [6.45, 7) is 4.87. The Hall–Kier alpha value is -2.73. The molecule has 1 saturated heterocycles. The van der Waals surface area contributed by atoms with Crippen LogP contribution in [-0.4, -0.2) is 28.8 Å². The third-order valence-corrected chi connectivity index (χ3v) is 4.95. The van der Waals surface area contributed by atoms with Gasteiger partial charge in [-0.2, -0.15) is 0 Å². The first kappa shape index (κ1) is 18.1. The summed E-state index contributed by atoms with van der Waals surface area (Å²) in [6.07, 6.45) is 2.09. The van der Waals surface area contributed by atoms with Gasteiger partial charge in [0, 0.05) is 12.1 Å². The number of nitro benzene ring substituents is 1. The second-order valence-electron chi connectivity index (χ2n) is 6.79. The van der Waals surface area contributed by atoms with Gasteiger partial charge in [0.25, 0.3) is 5.69 Å². The van der Waals surface area contributed by atoms with Crippen molar-refractivity contribution in [1.29, 1.82) is 0 Å². The molecule has 1 heterocycles. The summed E-state index contributed by atoms with van der Waals surface area (Å²) in [5, 5.41) is 13.9. The van der Waals surface area contributed by atoms with Crippen LogP contribution in [0.15, 0.2) is 42.5 Å². The van der Waals surface area contributed by atoms with E-state index in [9.17, 15) is 14.9 Å². The highest BCUT2D eigenvalue weighted by atomic mass is 16.6. The van der Waals surface area contributed by atoms with Crippen LogP contribution in [0, 0.1) is 24.0 Å². The minimum Gasteiger partial charge on any atom is -0.324 e. The fourth-order valence-corrected chi connectivity index (χ4v) is 3.51. The Morgan fingerprint density at radius 1 is 1.23 bits per heavy atom. The van der Waals surface area contributed by atoms with Crippen LogP contribution in [0.2, 0.25) is 0 Å². The molecule has 1 atom stereocenters. The SMILES string of the molecule is Cc1ccc(C2CCCN2CC(=O)Nc2cccc([N+](=O)[O-])c2C)cc1. The molecule has 0 bridgehead atoms. The molecule has 1 N–H and O–H groups in total. The van der Waals surface area contributed by atoms with Gasteiger partial charge in [-0.05, 0) is 44.9 Å². The number of nitrogens with one attached hydrogen (secondary N) is 1. The first-order valence-electron chi connectivity index (χ1n) is 8.80. The van der Waals surface area contributed by atoms with Crippen LogP contribution in [0.3, 0.4) is 0 Å². The van der Waals surface area contributed by atoms with E-state index in [1.807, 2.05) is 0 Å². The van der Waals surface area contributed by atoms with E-state index in [1.54, 1.807) is 19.1 Å². The molecule has 6 nitrogen and oxygen atoms in total. The van der Waals surface area contributed by atoms with E-state index >= 15 is 0 Å². The van der Waals surface area contributed by atoms with Crippen molar-refractivity contribution in [3.05, 3.63) is 69.3 Å². The van der Waals surface area contributed by atoms with Gasteiger partial charge in [0.2, 0.25) is 5.91 Å². The van der Waals surface area contributed by atoms with E-state index in [0.29, 0.717) is 11.3 Å². The average molecular weight is 353 g/mol. The van der Waals surface area contributed by atoms with Crippen LogP contribution < -0.4 is 5.32 Å². The van der Waals surface area contributed by atoms with Crippen LogP contribution in [0.5, 0.6) is 0 Å². The first-order chi connectivity index (χ1) is 12.5. The van der Waals surface area contributed by atoms with Gasteiger partial charge >= 0.3 is 0 Å². The number of rotatable bonds is 5. The Morgan fingerprint density at radius 2 is 1.96 bits per heavy atom. The lowest BCUT2D eigenvalue weighted by Crippen LogP contribution is -2.33. The van der Waals surface area contributed by atoms with Gasteiger partial charge in [0.15, 0.2) is 0 Å². The fourth-order valence-electron chi connectivity index (χ4n) is 3.51. The molecule has 1 aliphatic rings. The molecule has 3 rings (SSSR count). The third-order valence-electron chi connectivity index (χ3n) is 4.95. The molecule has 0 spiro atoms. The van der Waals surface area contributed by atoms with Crippen molar-refractivity contribution in [3.63, 3.8) is 0 Å². The maximum absolute atomic E-state index is 12.5. The molecule has 26 heavy (non-hydrogen) atoms. The minimum atomic E-state index is -0.432. The molecule has 1 fully saturated rings. The molecule has 0 aromatic heterocycles. The number of carbonyl (C=O) groups excluding carboxylic acids is 1. The Labute approximate surface area is 153 Å². The summed E-state index contributed by atoms with van der Waals surface area (Å²) in [5.74, 6) is -0.146. The molecule has 1 unspecified atom stereocenters. The standard InChI is InChI=1S/C20H23N3O3/c1-14-8-10-16(11-9-14)19-7-4-12-22(19)13-20(24)21-17-5-3-6-18(15(17)2)23(25)26/h3,5-6,8-11,19H,4,7,12-13H2,1-2H3,(H,21,24). The Morgan fingerprint density at radius 3 is 2.65 bits per heavy atom. The van der Waals surface area contributed by atoms with E-state index in [0.717, 1.165) is 19.4 Å². The molecule has 136 valence electrons. The highest BCUT2D eigenvalue weighted by Gasteiger charge is 2.27. The normalized spacial score (nSPS) is 17.2. The highest BCUT2D eigenvalue weighted by molar-refractivity contribution is 5.93. The second kappa shape index (κ2) is 7.66. The summed E-state index contributed by atoms with van der Waals surface area (Å²) in [7, 11) is 0. The number of benzene rings is 2. The zero-order chi connectivity index (χ0) is 18.7. The number of amides is 1. The van der Waals surface area contributed by atoms with Gasteiger partial charge in [-0.25, -0.2) is 0 Å². The summed E-state index contributed by atoms with van der Waals surface area (Å²) >= 11 is 0. The number of hydrogen-bond acceptors (Lipinski definition) is 4. The molecule has 0 radical (unpaired) electrons. The molecule has 2 aromatic rings. The lowest BCUT2D eigenvalue weighted by atomic mass is 10.0. The lowest BCUT2D eigenvalue weighted by molar-refractivity contribution is -0.385. The maximum Gasteiger partial charge on any atom is 0.274 e. The number of nitro groups is 1. The number of carbonyl (C=O) groups is 1. The van der Waals surface area contributed by atoms with Crippen molar-refractivity contribution in [2.75, 3.05) is 18.4 Å². The molecule has 1 amide bonds. The molecule has 6 heteroatoms. The van der Waals surface area contributed by atoms with Crippen molar-refractivity contribution in [2.24, 2.45) is 0 Å². The Kier molecular flexibility index (Phi) is 5.32. The monoisotopic (exact) mass is 353 g/mol. The number of likely N-dealkylation sites (tertiary alicyclic amines) is 1. The van der Waals surface area contributed by atoms with Crippen molar-refractivity contribution in [1.82, 2.24) is 4.90 Å². The van der Waals surface area contributed by atoms with Crippen molar-refractivity contribution in [3.8, 4) is 0 Å². The number of aryl methyl sites for hydroxylation is 1. The van der Waals surface area contributed by atoms with E-state index < -0.39 is 4.92 Å². The van der Waals surface area contributed by atoms with E-state index in [2.05, 4.69) is 41.4 Å². The van der Waals surface area contributed by atoms with Crippen LogP contribution in [0.25, 0.3) is 0 Å². The minimum absolute atomic E-state index is 0.0153. The van der Waals surface area contributed by atoms with Crippen molar-refractivity contribution >= 4 is 17.3 Å². The van der Waals surface area contributed by atoms with Crippen molar-refractivity contribution < 1.29 is 9.72 Å². The van der Waals surface area contributed by atoms with Crippen LogP contribution >= 0.6 is 0 Å². The van der Waals surface area contributed by atoms with Gasteiger partial charge in [-0.15, -0.1) is 0 Å². The third kappa shape index (κ3) is 3.91. The van der Waals surface area contributed by atoms with E-state index in [-0.39, 0.29) is 24.2 Å². The quantitative estimate of drug-likeness (QED) is 0.651.